The summed E-state index contributed by atoms with van der Waals surface area (Å²) in [5.74, 6) is 6.67. The fraction of sp³-hybridized carbons (Fsp3) is 0.721. The molecule has 0 spiro atoms. The maximum Gasteiger partial charge on any atom is 0.159 e. The molecule has 4 nitrogen and oxygen atoms in total. The van der Waals surface area contributed by atoms with E-state index in [1.54, 1.807) is 13.8 Å². The molecule has 0 aliphatic heterocycles. The molecule has 9 rings (SSSR count). The van der Waals surface area contributed by atoms with Crippen molar-refractivity contribution in [3.05, 3.63) is 47.6 Å². The van der Waals surface area contributed by atoms with Gasteiger partial charge >= 0.3 is 0 Å². The van der Waals surface area contributed by atoms with Crippen LogP contribution in [0.2, 0.25) is 0 Å². The fourth-order valence-electron chi connectivity index (χ4n) is 14.2. The van der Waals surface area contributed by atoms with Gasteiger partial charge in [-0.15, -0.1) is 0 Å². The Morgan fingerprint density at radius 1 is 0.633 bits per heavy atom. The van der Waals surface area contributed by atoms with Gasteiger partial charge in [0.2, 0.25) is 0 Å². The first-order chi connectivity index (χ1) is 22.2. The average Bonchev–Trinajstić information content (AvgIpc) is 3.65. The van der Waals surface area contributed by atoms with Gasteiger partial charge in [0.15, 0.2) is 11.6 Å². The molecule has 0 saturated heterocycles. The largest absolute Gasteiger partial charge is 0.300 e. The van der Waals surface area contributed by atoms with Gasteiger partial charge in [-0.1, -0.05) is 52.0 Å². The van der Waals surface area contributed by atoms with E-state index in [4.69, 9.17) is 0 Å². The first-order valence-corrected chi connectivity index (χ1v) is 19.1. The molecule has 49 heavy (non-hydrogen) atoms. The fourth-order valence-corrected chi connectivity index (χ4v) is 14.2. The molecule has 0 N–H and O–H groups in total. The van der Waals surface area contributed by atoms with E-state index in [0.29, 0.717) is 76.9 Å². The normalized spacial score (nSPS) is 49.3. The van der Waals surface area contributed by atoms with E-state index in [2.05, 4.69) is 52.0 Å². The first-order valence-electron chi connectivity index (χ1n) is 19.1. The smallest absolute Gasteiger partial charge is 0.159 e. The molecular formula is C43H56O4V2. The Morgan fingerprint density at radius 2 is 1.16 bits per heavy atom. The molecule has 9 aliphatic carbocycles. The molecule has 6 heteroatoms. The molecule has 2 radical (unpaired) electrons. The number of allylic oxidation sites excluding steroid dienone is 8. The Hall–Kier alpha value is -1.19. The SMILES string of the molecule is CC(=O)[C@H]1CC[C@H]2[C@@H]3C=CC4=CC(=O)C5CC5[C@@]4(C)[C@@H]3CC[C@]12C.CC(=O)[C@H]1CC[C@H]2[C@@H]3C=CC4=CC(=O)CC[C@@]4(C)[C@@H]3CC[C@]12C.[V].[V]. The molecular weight excluding hydrogens is 682 g/mol. The molecule has 0 aromatic heterocycles. The van der Waals surface area contributed by atoms with Gasteiger partial charge in [-0.2, -0.15) is 0 Å². The summed E-state index contributed by atoms with van der Waals surface area (Å²) in [4.78, 5) is 48.3. The molecule has 262 valence electrons. The molecule has 0 aromatic rings. The third-order valence-corrected chi connectivity index (χ3v) is 16.9. The number of hydrogen-bond donors (Lipinski definition) is 0. The number of Topliss-reactive ketones (excluding diaryl/α,β-unsaturated/α-hetero) is 2. The van der Waals surface area contributed by atoms with E-state index < -0.39 is 0 Å². The van der Waals surface area contributed by atoms with E-state index in [9.17, 15) is 19.2 Å². The summed E-state index contributed by atoms with van der Waals surface area (Å²) in [7, 11) is 0. The Balaban J connectivity index is 0.000000164. The molecule has 5 saturated carbocycles. The number of fused-ring (bicyclic) bond motifs is 12. The van der Waals surface area contributed by atoms with Crippen molar-refractivity contribution in [3.8, 4) is 0 Å². The second-order valence-electron chi connectivity index (χ2n) is 18.6. The average molecular weight is 739 g/mol. The van der Waals surface area contributed by atoms with Crippen molar-refractivity contribution in [3.63, 3.8) is 0 Å². The monoisotopic (exact) mass is 738 g/mol. The third-order valence-electron chi connectivity index (χ3n) is 16.9. The minimum Gasteiger partial charge on any atom is -0.300 e. The van der Waals surface area contributed by atoms with E-state index in [-0.39, 0.29) is 70.6 Å². The van der Waals surface area contributed by atoms with E-state index in [1.807, 2.05) is 12.2 Å². The van der Waals surface area contributed by atoms with Crippen LogP contribution >= 0.6 is 0 Å². The van der Waals surface area contributed by atoms with E-state index in [1.165, 1.54) is 49.7 Å². The predicted molar refractivity (Wildman–Crippen MR) is 184 cm³/mol. The summed E-state index contributed by atoms with van der Waals surface area (Å²) in [5.41, 5.74) is 3.33. The van der Waals surface area contributed by atoms with Crippen molar-refractivity contribution < 1.29 is 56.3 Å². The standard InChI is InChI=1S/C22H28O2.C21H28O2.2V/c1-12(23)16-6-7-17-14-5-4-13-10-20(24)15-11-19(15)22(13,3)18(14)8-9-21(16,17)2;1-13(22)17-6-7-18-16-5-4-14-12-15(23)8-10-20(14,2)19(16)9-11-21(17,18)3;;/h4-5,10,14-19H,6-9,11H2,1-3H3;4-5,12,16-19H,6-11H2,1-3H3;;/t14-,15?,16+,17-,18+,19?,21+,22+;16-,17+,18-,19+,20+,21+;;/m00../s1. The van der Waals surface area contributed by atoms with Crippen LogP contribution in [0.1, 0.15) is 112 Å². The summed E-state index contributed by atoms with van der Waals surface area (Å²) < 4.78 is 0. The van der Waals surface area contributed by atoms with Crippen LogP contribution in [-0.4, -0.2) is 23.1 Å². The molecule has 5 fully saturated rings. The predicted octanol–water partition coefficient (Wildman–Crippen LogP) is 8.85. The van der Waals surface area contributed by atoms with Crippen LogP contribution in [0.15, 0.2) is 47.6 Å². The van der Waals surface area contributed by atoms with Gasteiger partial charge in [0, 0.05) is 61.3 Å². The van der Waals surface area contributed by atoms with Crippen molar-refractivity contribution in [2.24, 2.45) is 80.8 Å². The second kappa shape index (κ2) is 12.7. The number of rotatable bonds is 2. The Morgan fingerprint density at radius 3 is 1.73 bits per heavy atom. The first kappa shape index (κ1) is 37.6. The van der Waals surface area contributed by atoms with Crippen molar-refractivity contribution in [2.45, 2.75) is 112 Å². The summed E-state index contributed by atoms with van der Waals surface area (Å²) in [6.45, 7) is 13.2. The second-order valence-corrected chi connectivity index (χ2v) is 18.6. The number of ketones is 4. The summed E-state index contributed by atoms with van der Waals surface area (Å²) in [6, 6.07) is 0. The van der Waals surface area contributed by atoms with Crippen LogP contribution in [-0.2, 0) is 56.3 Å². The zero-order valence-corrected chi connectivity index (χ0v) is 33.3. The van der Waals surface area contributed by atoms with Crippen LogP contribution < -0.4 is 0 Å². The number of carbonyl (C=O) groups excluding carboxylic acids is 4. The third kappa shape index (κ3) is 5.33. The van der Waals surface area contributed by atoms with Crippen molar-refractivity contribution in [2.75, 3.05) is 0 Å². The quantitative estimate of drug-likeness (QED) is 0.284. The molecule has 0 aromatic carbocycles. The van der Waals surface area contributed by atoms with Gasteiger partial charge in [-0.05, 0) is 164 Å². The Labute approximate surface area is 318 Å². The van der Waals surface area contributed by atoms with Gasteiger partial charge in [-0.3, -0.25) is 19.2 Å². The summed E-state index contributed by atoms with van der Waals surface area (Å²) in [5, 5.41) is 0. The maximum atomic E-state index is 12.2. The molecule has 14 atom stereocenters. The van der Waals surface area contributed by atoms with E-state index in [0.717, 1.165) is 25.7 Å². The molecule has 0 bridgehead atoms. The van der Waals surface area contributed by atoms with Crippen LogP contribution in [0.5, 0.6) is 0 Å². The topological polar surface area (TPSA) is 68.3 Å². The zero-order valence-electron chi connectivity index (χ0n) is 30.5. The van der Waals surface area contributed by atoms with Crippen molar-refractivity contribution >= 4 is 23.1 Å². The van der Waals surface area contributed by atoms with Gasteiger partial charge in [0.25, 0.3) is 0 Å². The molecule has 2 unspecified atom stereocenters. The molecule has 0 amide bonds. The Bertz CT molecular complexity index is 1570. The number of hydrogen-bond acceptors (Lipinski definition) is 4. The van der Waals surface area contributed by atoms with Gasteiger partial charge in [0.1, 0.15) is 11.6 Å². The van der Waals surface area contributed by atoms with Crippen LogP contribution in [0.4, 0.5) is 0 Å². The van der Waals surface area contributed by atoms with Crippen LogP contribution in [0.3, 0.4) is 0 Å². The van der Waals surface area contributed by atoms with Crippen molar-refractivity contribution in [1.82, 2.24) is 0 Å². The van der Waals surface area contributed by atoms with Gasteiger partial charge < -0.3 is 0 Å². The Kier molecular flexibility index (Phi) is 9.77. The van der Waals surface area contributed by atoms with Crippen LogP contribution in [0.25, 0.3) is 0 Å². The minimum absolute atomic E-state index is 0. The van der Waals surface area contributed by atoms with Crippen LogP contribution in [0, 0.1) is 80.8 Å². The maximum absolute atomic E-state index is 12.2. The van der Waals surface area contributed by atoms with Crippen molar-refractivity contribution in [1.29, 1.82) is 0 Å². The van der Waals surface area contributed by atoms with Gasteiger partial charge in [0.05, 0.1) is 0 Å². The van der Waals surface area contributed by atoms with E-state index >= 15 is 0 Å². The summed E-state index contributed by atoms with van der Waals surface area (Å²) in [6.07, 6.45) is 25.3. The van der Waals surface area contributed by atoms with Gasteiger partial charge in [-0.25, -0.2) is 0 Å². The number of carbonyl (C=O) groups is 4. The molecule has 9 aliphatic rings. The zero-order chi connectivity index (χ0) is 33.3. The molecule has 0 heterocycles. The summed E-state index contributed by atoms with van der Waals surface area (Å²) >= 11 is 0. The minimum atomic E-state index is 0.